The fourth-order valence-corrected chi connectivity index (χ4v) is 1.32. The van der Waals surface area contributed by atoms with Crippen LogP contribution in [0, 0.1) is 0 Å². The van der Waals surface area contributed by atoms with Crippen LogP contribution < -0.4 is 4.74 Å². The van der Waals surface area contributed by atoms with Crippen molar-refractivity contribution in [3.8, 4) is 5.75 Å². The van der Waals surface area contributed by atoms with Gasteiger partial charge in [0, 0.05) is 7.11 Å². The summed E-state index contributed by atoms with van der Waals surface area (Å²) in [5.74, 6) is 1.16. The Morgan fingerprint density at radius 2 is 1.81 bits per heavy atom. The number of Topliss-reactive ketones (excluding diaryl/α,β-unsaturated/α-hetero) is 1. The minimum atomic E-state index is -0.0598. The average Bonchev–Trinajstić information content (AvgIpc) is 2.27. The summed E-state index contributed by atoms with van der Waals surface area (Å²) in [6.07, 6.45) is 0. The highest BCUT2D eigenvalue weighted by molar-refractivity contribution is 5.81. The van der Waals surface area contributed by atoms with Crippen LogP contribution in [0.4, 0.5) is 0 Å². The first-order valence-corrected chi connectivity index (χ1v) is 5.37. The van der Waals surface area contributed by atoms with Gasteiger partial charge in [-0.05, 0) is 23.6 Å². The molecule has 1 aromatic carbocycles. The molecule has 0 amide bonds. The van der Waals surface area contributed by atoms with Crippen molar-refractivity contribution in [3.05, 3.63) is 29.8 Å². The van der Waals surface area contributed by atoms with Crippen molar-refractivity contribution < 1.29 is 14.3 Å². The summed E-state index contributed by atoms with van der Waals surface area (Å²) in [5.41, 5.74) is 1.26. The first kappa shape index (κ1) is 12.7. The number of ether oxygens (including phenoxy) is 2. The molecule has 0 saturated heterocycles. The lowest BCUT2D eigenvalue weighted by Gasteiger charge is -2.08. The van der Waals surface area contributed by atoms with Crippen molar-refractivity contribution in [2.75, 3.05) is 20.3 Å². The van der Waals surface area contributed by atoms with Crippen molar-refractivity contribution in [3.63, 3.8) is 0 Å². The van der Waals surface area contributed by atoms with Gasteiger partial charge >= 0.3 is 0 Å². The maximum Gasteiger partial charge on any atom is 0.195 e. The van der Waals surface area contributed by atoms with E-state index in [4.69, 9.17) is 9.47 Å². The van der Waals surface area contributed by atoms with Gasteiger partial charge in [0.2, 0.25) is 0 Å². The highest BCUT2D eigenvalue weighted by Gasteiger charge is 2.03. The van der Waals surface area contributed by atoms with E-state index in [9.17, 15) is 4.79 Å². The Morgan fingerprint density at radius 3 is 2.31 bits per heavy atom. The van der Waals surface area contributed by atoms with E-state index in [1.807, 2.05) is 24.3 Å². The molecule has 0 fully saturated rings. The highest BCUT2D eigenvalue weighted by atomic mass is 16.5. The molecule has 0 unspecified atom stereocenters. The lowest BCUT2D eigenvalue weighted by Crippen LogP contribution is -2.16. The van der Waals surface area contributed by atoms with E-state index in [0.29, 0.717) is 11.7 Å². The topological polar surface area (TPSA) is 35.5 Å². The Hall–Kier alpha value is -1.35. The molecule has 3 nitrogen and oxygen atoms in total. The van der Waals surface area contributed by atoms with Gasteiger partial charge in [0.1, 0.15) is 19.0 Å². The third-order valence-electron chi connectivity index (χ3n) is 2.25. The molecule has 16 heavy (non-hydrogen) atoms. The van der Waals surface area contributed by atoms with Gasteiger partial charge in [-0.25, -0.2) is 0 Å². The molecule has 88 valence electrons. The van der Waals surface area contributed by atoms with Crippen LogP contribution in [0.5, 0.6) is 5.75 Å². The summed E-state index contributed by atoms with van der Waals surface area (Å²) in [6, 6.07) is 7.80. The van der Waals surface area contributed by atoms with Crippen molar-refractivity contribution in [1.29, 1.82) is 0 Å². The van der Waals surface area contributed by atoms with E-state index in [-0.39, 0.29) is 19.0 Å². The van der Waals surface area contributed by atoms with Crippen LogP contribution in [0.2, 0.25) is 0 Å². The third-order valence-corrected chi connectivity index (χ3v) is 2.25. The number of rotatable bonds is 6. The molecule has 0 spiro atoms. The van der Waals surface area contributed by atoms with Gasteiger partial charge in [-0.2, -0.15) is 0 Å². The summed E-state index contributed by atoms with van der Waals surface area (Å²) in [6.45, 7) is 4.44. The summed E-state index contributed by atoms with van der Waals surface area (Å²) in [5, 5.41) is 0. The Morgan fingerprint density at radius 1 is 1.19 bits per heavy atom. The van der Waals surface area contributed by atoms with E-state index in [1.54, 1.807) is 0 Å². The summed E-state index contributed by atoms with van der Waals surface area (Å²) in [7, 11) is 1.50. The van der Waals surface area contributed by atoms with E-state index < -0.39 is 0 Å². The number of hydrogen-bond donors (Lipinski definition) is 0. The van der Waals surface area contributed by atoms with Crippen LogP contribution in [0.1, 0.15) is 25.3 Å². The normalized spacial score (nSPS) is 10.5. The van der Waals surface area contributed by atoms with E-state index in [0.717, 1.165) is 0 Å². The minimum Gasteiger partial charge on any atom is -0.486 e. The maximum atomic E-state index is 11.1. The lowest BCUT2D eigenvalue weighted by molar-refractivity contribution is -0.124. The molecule has 0 bridgehead atoms. The maximum absolute atomic E-state index is 11.1. The molecule has 0 aliphatic carbocycles. The van der Waals surface area contributed by atoms with Gasteiger partial charge in [0.05, 0.1) is 0 Å². The molecule has 0 N–H and O–H groups in total. The second kappa shape index (κ2) is 6.28. The lowest BCUT2D eigenvalue weighted by atomic mass is 10.0. The van der Waals surface area contributed by atoms with Crippen LogP contribution in [0.15, 0.2) is 24.3 Å². The van der Waals surface area contributed by atoms with E-state index in [2.05, 4.69) is 13.8 Å². The number of methoxy groups -OCH3 is 1. The standard InChI is InChI=1S/C13H18O3/c1-10(2)11-4-6-13(7-5-11)16-9-12(14)8-15-3/h4-7,10H,8-9H2,1-3H3. The molecule has 0 aliphatic heterocycles. The van der Waals surface area contributed by atoms with Crippen molar-refractivity contribution in [2.45, 2.75) is 19.8 Å². The largest absolute Gasteiger partial charge is 0.486 e. The van der Waals surface area contributed by atoms with Gasteiger partial charge in [0.25, 0.3) is 0 Å². The third kappa shape index (κ3) is 4.03. The molecule has 0 radical (unpaired) electrons. The molecular weight excluding hydrogens is 204 g/mol. The van der Waals surface area contributed by atoms with Crippen molar-refractivity contribution >= 4 is 5.78 Å². The second-order valence-corrected chi connectivity index (χ2v) is 3.98. The predicted molar refractivity (Wildman–Crippen MR) is 62.9 cm³/mol. The molecule has 0 saturated carbocycles. The van der Waals surface area contributed by atoms with Gasteiger partial charge < -0.3 is 9.47 Å². The zero-order valence-corrected chi connectivity index (χ0v) is 10.0. The molecule has 0 aliphatic rings. The van der Waals surface area contributed by atoms with Crippen molar-refractivity contribution in [2.24, 2.45) is 0 Å². The Balaban J connectivity index is 2.46. The molecular formula is C13H18O3. The minimum absolute atomic E-state index is 0.0598. The quantitative estimate of drug-likeness (QED) is 0.741. The molecule has 0 heterocycles. The monoisotopic (exact) mass is 222 g/mol. The molecule has 3 heteroatoms. The van der Waals surface area contributed by atoms with Gasteiger partial charge in [-0.1, -0.05) is 26.0 Å². The first-order valence-electron chi connectivity index (χ1n) is 5.37. The van der Waals surface area contributed by atoms with Gasteiger partial charge in [-0.15, -0.1) is 0 Å². The number of hydrogen-bond acceptors (Lipinski definition) is 3. The summed E-state index contributed by atoms with van der Waals surface area (Å²) >= 11 is 0. The fraction of sp³-hybridized carbons (Fsp3) is 0.462. The zero-order valence-electron chi connectivity index (χ0n) is 10.0. The number of benzene rings is 1. The van der Waals surface area contributed by atoms with Crippen LogP contribution >= 0.6 is 0 Å². The van der Waals surface area contributed by atoms with Crippen LogP contribution in [0.3, 0.4) is 0 Å². The average molecular weight is 222 g/mol. The van der Waals surface area contributed by atoms with Crippen LogP contribution in [-0.4, -0.2) is 26.1 Å². The zero-order chi connectivity index (χ0) is 12.0. The Labute approximate surface area is 96.4 Å². The molecule has 1 aromatic rings. The summed E-state index contributed by atoms with van der Waals surface area (Å²) < 4.78 is 10.0. The second-order valence-electron chi connectivity index (χ2n) is 3.98. The highest BCUT2D eigenvalue weighted by Crippen LogP contribution is 2.18. The van der Waals surface area contributed by atoms with E-state index in [1.165, 1.54) is 12.7 Å². The van der Waals surface area contributed by atoms with Gasteiger partial charge in [-0.3, -0.25) is 4.79 Å². The first-order chi connectivity index (χ1) is 7.63. The Bertz CT molecular complexity index is 328. The smallest absolute Gasteiger partial charge is 0.195 e. The molecule has 0 atom stereocenters. The SMILES string of the molecule is COCC(=O)COc1ccc(C(C)C)cc1. The van der Waals surface area contributed by atoms with Gasteiger partial charge in [0.15, 0.2) is 5.78 Å². The van der Waals surface area contributed by atoms with E-state index >= 15 is 0 Å². The Kier molecular flexibility index (Phi) is 4.99. The predicted octanol–water partition coefficient (Wildman–Crippen LogP) is 2.40. The molecule has 0 aromatic heterocycles. The summed E-state index contributed by atoms with van der Waals surface area (Å²) in [4.78, 5) is 11.1. The van der Waals surface area contributed by atoms with Crippen LogP contribution in [0.25, 0.3) is 0 Å². The molecule has 1 rings (SSSR count). The van der Waals surface area contributed by atoms with Crippen LogP contribution in [-0.2, 0) is 9.53 Å². The number of ketones is 1. The number of carbonyl (C=O) groups excluding carboxylic acids is 1. The fourth-order valence-electron chi connectivity index (χ4n) is 1.32. The number of carbonyl (C=O) groups is 1. The van der Waals surface area contributed by atoms with Crippen molar-refractivity contribution in [1.82, 2.24) is 0 Å².